The van der Waals surface area contributed by atoms with E-state index in [4.69, 9.17) is 9.15 Å². The van der Waals surface area contributed by atoms with Crippen LogP contribution in [0.4, 0.5) is 18.0 Å². The topological polar surface area (TPSA) is 94.5 Å². The van der Waals surface area contributed by atoms with E-state index >= 15 is 0 Å². The largest absolute Gasteiger partial charge is 0.471 e. The normalized spacial score (nSPS) is 11.6. The van der Waals surface area contributed by atoms with E-state index in [2.05, 4.69) is 19.6 Å². The van der Waals surface area contributed by atoms with Gasteiger partial charge in [0.1, 0.15) is 12.2 Å². The van der Waals surface area contributed by atoms with Crippen LogP contribution in [-0.2, 0) is 24.1 Å². The molecule has 0 saturated heterocycles. The number of carbonyl (C=O) groups excluding carboxylic acids is 1. The van der Waals surface area contributed by atoms with Crippen LogP contribution in [0.15, 0.2) is 57.9 Å². The van der Waals surface area contributed by atoms with Gasteiger partial charge in [-0.2, -0.15) is 18.2 Å². The van der Waals surface area contributed by atoms with Crippen LogP contribution in [0.1, 0.15) is 17.0 Å². The summed E-state index contributed by atoms with van der Waals surface area (Å²) in [6, 6.07) is 8.15. The summed E-state index contributed by atoms with van der Waals surface area (Å²) in [4.78, 5) is 21.1. The molecule has 8 nitrogen and oxygen atoms in total. The summed E-state index contributed by atoms with van der Waals surface area (Å²) in [6.07, 6.45) is -0.502. The smallest absolute Gasteiger partial charge is 0.464 e. The third-order valence-corrected chi connectivity index (χ3v) is 4.39. The summed E-state index contributed by atoms with van der Waals surface area (Å²) >= 11 is 0. The molecule has 160 valence electrons. The number of aromatic nitrogens is 3. The van der Waals surface area contributed by atoms with E-state index in [-0.39, 0.29) is 19.0 Å². The number of amides is 1. The van der Waals surface area contributed by atoms with Crippen molar-refractivity contribution in [1.29, 1.82) is 0 Å². The lowest BCUT2D eigenvalue weighted by atomic mass is 10.1. The number of furan rings is 1. The first-order chi connectivity index (χ1) is 14.8. The molecule has 0 unspecified atom stereocenters. The lowest BCUT2D eigenvalue weighted by Gasteiger charge is -2.17. The van der Waals surface area contributed by atoms with Crippen LogP contribution >= 0.6 is 0 Å². The van der Waals surface area contributed by atoms with Crippen molar-refractivity contribution in [3.8, 4) is 11.4 Å². The van der Waals surface area contributed by atoms with E-state index in [0.29, 0.717) is 16.7 Å². The molecule has 11 heteroatoms. The Morgan fingerprint density at radius 1 is 1.16 bits per heavy atom. The third-order valence-electron chi connectivity index (χ3n) is 4.39. The van der Waals surface area contributed by atoms with Crippen molar-refractivity contribution in [1.82, 2.24) is 20.0 Å². The van der Waals surface area contributed by atoms with E-state index in [1.807, 2.05) is 0 Å². The van der Waals surface area contributed by atoms with Crippen LogP contribution in [-0.4, -0.2) is 33.2 Å². The molecule has 4 rings (SSSR count). The van der Waals surface area contributed by atoms with Gasteiger partial charge in [-0.3, -0.25) is 4.98 Å². The van der Waals surface area contributed by atoms with Crippen molar-refractivity contribution in [2.75, 3.05) is 7.05 Å². The van der Waals surface area contributed by atoms with E-state index in [9.17, 15) is 18.0 Å². The number of benzene rings is 1. The first kappa shape index (κ1) is 20.4. The molecule has 31 heavy (non-hydrogen) atoms. The minimum absolute atomic E-state index is 0.000663. The SMILES string of the molecule is CN(Cc1ccc(-c2noc(C(F)(F)F)n2)cc1)C(=O)OCc1cncc2ccoc12. The van der Waals surface area contributed by atoms with Gasteiger partial charge >= 0.3 is 18.2 Å². The molecular weight excluding hydrogens is 417 g/mol. The Morgan fingerprint density at radius 3 is 2.65 bits per heavy atom. The molecule has 0 spiro atoms. The van der Waals surface area contributed by atoms with E-state index < -0.39 is 18.2 Å². The molecular formula is C20H15F3N4O4. The molecule has 0 N–H and O–H groups in total. The van der Waals surface area contributed by atoms with E-state index in [1.54, 1.807) is 49.8 Å². The minimum Gasteiger partial charge on any atom is -0.464 e. The number of pyridine rings is 1. The zero-order valence-electron chi connectivity index (χ0n) is 16.1. The van der Waals surface area contributed by atoms with Crippen molar-refractivity contribution in [2.45, 2.75) is 19.3 Å². The Hall–Kier alpha value is -3.89. The van der Waals surface area contributed by atoms with Crippen LogP contribution in [0.5, 0.6) is 0 Å². The predicted octanol–water partition coefficient (Wildman–Crippen LogP) is 4.67. The van der Waals surface area contributed by atoms with Gasteiger partial charge in [0.15, 0.2) is 0 Å². The fourth-order valence-corrected chi connectivity index (χ4v) is 2.85. The number of rotatable bonds is 5. The molecule has 0 atom stereocenters. The van der Waals surface area contributed by atoms with E-state index in [0.717, 1.165) is 10.9 Å². The molecule has 0 aliphatic heterocycles. The molecule has 1 amide bonds. The highest BCUT2D eigenvalue weighted by molar-refractivity contribution is 5.79. The zero-order chi connectivity index (χ0) is 22.0. The first-order valence-electron chi connectivity index (χ1n) is 8.99. The monoisotopic (exact) mass is 432 g/mol. The maximum Gasteiger partial charge on any atom is 0.471 e. The second kappa shape index (κ2) is 8.09. The van der Waals surface area contributed by atoms with Crippen molar-refractivity contribution < 1.29 is 31.6 Å². The number of alkyl halides is 3. The number of ether oxygens (including phenoxy) is 1. The van der Waals surface area contributed by atoms with Gasteiger partial charge in [-0.15, -0.1) is 0 Å². The van der Waals surface area contributed by atoms with Crippen molar-refractivity contribution in [3.05, 3.63) is 66.0 Å². The van der Waals surface area contributed by atoms with Gasteiger partial charge in [-0.1, -0.05) is 29.4 Å². The lowest BCUT2D eigenvalue weighted by molar-refractivity contribution is -0.159. The van der Waals surface area contributed by atoms with Crippen LogP contribution < -0.4 is 0 Å². The zero-order valence-corrected chi connectivity index (χ0v) is 16.1. The summed E-state index contributed by atoms with van der Waals surface area (Å²) in [7, 11) is 1.57. The van der Waals surface area contributed by atoms with E-state index in [1.165, 1.54) is 11.2 Å². The second-order valence-corrected chi connectivity index (χ2v) is 6.67. The number of nitrogens with zero attached hydrogens (tertiary/aromatic N) is 4. The maximum atomic E-state index is 12.6. The fraction of sp³-hybridized carbons (Fsp3) is 0.200. The van der Waals surface area contributed by atoms with Gasteiger partial charge < -0.3 is 18.6 Å². The minimum atomic E-state index is -4.70. The summed E-state index contributed by atoms with van der Waals surface area (Å²) < 4.78 is 52.7. The number of fused-ring (bicyclic) bond motifs is 1. The summed E-state index contributed by atoms with van der Waals surface area (Å²) in [5.41, 5.74) is 2.34. The van der Waals surface area contributed by atoms with Crippen LogP contribution in [0.2, 0.25) is 0 Å². The molecule has 1 aromatic carbocycles. The Balaban J connectivity index is 1.36. The van der Waals surface area contributed by atoms with Gasteiger partial charge in [0.25, 0.3) is 0 Å². The summed E-state index contributed by atoms with van der Waals surface area (Å²) in [6.45, 7) is 0.224. The molecule has 0 aliphatic rings. The second-order valence-electron chi connectivity index (χ2n) is 6.67. The number of carbonyl (C=O) groups is 1. The van der Waals surface area contributed by atoms with Crippen molar-refractivity contribution in [2.24, 2.45) is 0 Å². The molecule has 0 aliphatic carbocycles. The molecule has 0 radical (unpaired) electrons. The van der Waals surface area contributed by atoms with Gasteiger partial charge in [0, 0.05) is 36.9 Å². The average Bonchev–Trinajstić information content (AvgIpc) is 3.42. The van der Waals surface area contributed by atoms with Gasteiger partial charge in [-0.25, -0.2) is 4.79 Å². The number of hydrogen-bond donors (Lipinski definition) is 0. The molecule has 4 aromatic rings. The molecule has 0 saturated carbocycles. The first-order valence-corrected chi connectivity index (χ1v) is 8.99. The van der Waals surface area contributed by atoms with Gasteiger partial charge in [0.2, 0.25) is 5.82 Å². The Kier molecular flexibility index (Phi) is 5.32. The maximum absolute atomic E-state index is 12.6. The van der Waals surface area contributed by atoms with Gasteiger partial charge in [0.05, 0.1) is 11.8 Å². The molecule has 0 fully saturated rings. The summed E-state index contributed by atoms with van der Waals surface area (Å²) in [5, 5.41) is 4.15. The Labute approximate surface area is 173 Å². The Morgan fingerprint density at radius 2 is 1.94 bits per heavy atom. The molecule has 0 bridgehead atoms. The van der Waals surface area contributed by atoms with Crippen LogP contribution in [0.25, 0.3) is 22.4 Å². The number of halogens is 3. The predicted molar refractivity (Wildman–Crippen MR) is 100 cm³/mol. The quantitative estimate of drug-likeness (QED) is 0.452. The lowest BCUT2D eigenvalue weighted by Crippen LogP contribution is -2.26. The summed E-state index contributed by atoms with van der Waals surface area (Å²) in [5.74, 6) is -1.58. The van der Waals surface area contributed by atoms with Crippen molar-refractivity contribution >= 4 is 17.1 Å². The Bertz CT molecular complexity index is 1200. The molecule has 3 aromatic heterocycles. The van der Waals surface area contributed by atoms with Gasteiger partial charge in [-0.05, 0) is 11.6 Å². The van der Waals surface area contributed by atoms with Crippen LogP contribution in [0, 0.1) is 0 Å². The molecule has 3 heterocycles. The third kappa shape index (κ3) is 4.49. The highest BCUT2D eigenvalue weighted by Crippen LogP contribution is 2.29. The standard InChI is InChI=1S/C20H15F3N4O4/c1-27(19(28)30-11-15-9-24-8-14-6-7-29-16(14)15)10-12-2-4-13(5-3-12)17-25-18(31-26-17)20(21,22)23/h2-9H,10-11H2,1H3. The van der Waals surface area contributed by atoms with Crippen LogP contribution in [0.3, 0.4) is 0 Å². The highest BCUT2D eigenvalue weighted by atomic mass is 19.4. The average molecular weight is 432 g/mol. The van der Waals surface area contributed by atoms with Crippen molar-refractivity contribution in [3.63, 3.8) is 0 Å². The number of hydrogen-bond acceptors (Lipinski definition) is 7. The fourth-order valence-electron chi connectivity index (χ4n) is 2.85. The highest BCUT2D eigenvalue weighted by Gasteiger charge is 2.38.